The van der Waals surface area contributed by atoms with Crippen molar-refractivity contribution in [3.8, 4) is 5.75 Å². The second-order valence-corrected chi connectivity index (χ2v) is 3.93. The molecule has 1 heterocycles. The third-order valence-electron chi connectivity index (χ3n) is 2.75. The van der Waals surface area contributed by atoms with Gasteiger partial charge in [0, 0.05) is 5.39 Å². The Hall–Kier alpha value is -1.84. The van der Waals surface area contributed by atoms with Crippen molar-refractivity contribution in [3.63, 3.8) is 0 Å². The summed E-state index contributed by atoms with van der Waals surface area (Å²) in [6.07, 6.45) is 1.80. The molecule has 4 heteroatoms. The van der Waals surface area contributed by atoms with Crippen LogP contribution in [0.2, 0.25) is 0 Å². The van der Waals surface area contributed by atoms with E-state index in [1.807, 2.05) is 6.07 Å². The van der Waals surface area contributed by atoms with Crippen LogP contribution in [0.1, 0.15) is 18.9 Å². The molecule has 0 atom stereocenters. The van der Waals surface area contributed by atoms with Crippen molar-refractivity contribution in [2.45, 2.75) is 19.8 Å². The predicted octanol–water partition coefficient (Wildman–Crippen LogP) is 2.92. The Morgan fingerprint density at radius 3 is 2.82 bits per heavy atom. The first kappa shape index (κ1) is 11.6. The van der Waals surface area contributed by atoms with Crippen LogP contribution in [-0.4, -0.2) is 12.1 Å². The number of fused-ring (bicyclic) bond motifs is 1. The molecule has 0 spiro atoms. The van der Waals surface area contributed by atoms with Crippen molar-refractivity contribution >= 4 is 16.7 Å². The number of hydrogen-bond acceptors (Lipinski definition) is 3. The minimum atomic E-state index is -0.379. The van der Waals surface area contributed by atoms with Crippen LogP contribution < -0.4 is 10.5 Å². The fraction of sp³-hybridized carbons (Fsp3) is 0.308. The molecule has 0 radical (unpaired) electrons. The van der Waals surface area contributed by atoms with Gasteiger partial charge in [0.1, 0.15) is 22.9 Å². The molecule has 2 rings (SSSR count). The van der Waals surface area contributed by atoms with Gasteiger partial charge in [-0.15, -0.1) is 0 Å². The molecule has 0 amide bonds. The Bertz CT molecular complexity index is 555. The lowest BCUT2D eigenvalue weighted by atomic mass is 10.1. The number of aromatic nitrogens is 1. The van der Waals surface area contributed by atoms with Crippen LogP contribution >= 0.6 is 0 Å². The van der Waals surface area contributed by atoms with E-state index in [9.17, 15) is 4.39 Å². The zero-order valence-corrected chi connectivity index (χ0v) is 9.96. The number of aryl methyl sites for hydroxylation is 1. The van der Waals surface area contributed by atoms with Gasteiger partial charge in [-0.05, 0) is 30.2 Å². The van der Waals surface area contributed by atoms with Crippen LogP contribution in [0, 0.1) is 5.82 Å². The Morgan fingerprint density at radius 2 is 2.18 bits per heavy atom. The summed E-state index contributed by atoms with van der Waals surface area (Å²) in [5.41, 5.74) is 7.01. The van der Waals surface area contributed by atoms with Crippen LogP contribution in [-0.2, 0) is 6.42 Å². The van der Waals surface area contributed by atoms with Crippen molar-refractivity contribution in [1.82, 2.24) is 4.98 Å². The van der Waals surface area contributed by atoms with Gasteiger partial charge in [-0.25, -0.2) is 9.37 Å². The topological polar surface area (TPSA) is 48.1 Å². The van der Waals surface area contributed by atoms with E-state index in [1.54, 1.807) is 13.2 Å². The molecular formula is C13H15FN2O. The van der Waals surface area contributed by atoms with E-state index < -0.39 is 0 Å². The highest BCUT2D eigenvalue weighted by molar-refractivity contribution is 5.87. The average Bonchev–Trinajstić information content (AvgIpc) is 2.32. The highest BCUT2D eigenvalue weighted by atomic mass is 19.1. The number of hydrogen-bond donors (Lipinski definition) is 1. The molecule has 0 saturated carbocycles. The van der Waals surface area contributed by atoms with E-state index >= 15 is 0 Å². The van der Waals surface area contributed by atoms with E-state index in [0.29, 0.717) is 17.0 Å². The molecular weight excluding hydrogens is 219 g/mol. The first-order chi connectivity index (χ1) is 8.17. The second-order valence-electron chi connectivity index (χ2n) is 3.93. The van der Waals surface area contributed by atoms with Gasteiger partial charge in [-0.1, -0.05) is 13.3 Å². The number of nitrogens with two attached hydrogens (primary N) is 1. The molecule has 0 saturated heterocycles. The number of halogens is 1. The van der Waals surface area contributed by atoms with E-state index in [4.69, 9.17) is 10.5 Å². The zero-order valence-electron chi connectivity index (χ0n) is 9.96. The minimum Gasteiger partial charge on any atom is -0.496 e. The number of ether oxygens (including phenoxy) is 1. The third kappa shape index (κ3) is 2.02. The van der Waals surface area contributed by atoms with Gasteiger partial charge in [0.25, 0.3) is 0 Å². The summed E-state index contributed by atoms with van der Waals surface area (Å²) in [4.78, 5) is 4.13. The van der Waals surface area contributed by atoms with Crippen LogP contribution in [0.4, 0.5) is 10.2 Å². The number of anilines is 1. The van der Waals surface area contributed by atoms with Crippen molar-refractivity contribution in [1.29, 1.82) is 0 Å². The molecule has 2 N–H and O–H groups in total. The summed E-state index contributed by atoms with van der Waals surface area (Å²) in [5.74, 6) is 0.633. The van der Waals surface area contributed by atoms with Crippen molar-refractivity contribution < 1.29 is 9.13 Å². The molecule has 0 fully saturated rings. The van der Waals surface area contributed by atoms with Crippen molar-refractivity contribution in [3.05, 3.63) is 29.6 Å². The summed E-state index contributed by atoms with van der Waals surface area (Å²) >= 11 is 0. The van der Waals surface area contributed by atoms with Crippen LogP contribution in [0.15, 0.2) is 18.2 Å². The van der Waals surface area contributed by atoms with Gasteiger partial charge in [0.2, 0.25) is 0 Å². The molecule has 2 aromatic rings. The summed E-state index contributed by atoms with van der Waals surface area (Å²) < 4.78 is 18.8. The summed E-state index contributed by atoms with van der Waals surface area (Å²) in [6.45, 7) is 2.06. The molecule has 0 bridgehead atoms. The van der Waals surface area contributed by atoms with Gasteiger partial charge in [0.05, 0.1) is 7.11 Å². The Labute approximate surface area is 99.4 Å². The van der Waals surface area contributed by atoms with Gasteiger partial charge >= 0.3 is 0 Å². The average molecular weight is 234 g/mol. The number of nitrogen functional groups attached to an aromatic ring is 1. The molecule has 1 aromatic carbocycles. The molecule has 0 aliphatic rings. The van der Waals surface area contributed by atoms with E-state index in [2.05, 4.69) is 11.9 Å². The highest BCUT2D eigenvalue weighted by Gasteiger charge is 2.11. The van der Waals surface area contributed by atoms with E-state index in [0.717, 1.165) is 18.4 Å². The quantitative estimate of drug-likeness (QED) is 0.888. The van der Waals surface area contributed by atoms with E-state index in [1.165, 1.54) is 6.07 Å². The van der Waals surface area contributed by atoms with Crippen molar-refractivity contribution in [2.75, 3.05) is 12.8 Å². The third-order valence-corrected chi connectivity index (χ3v) is 2.75. The first-order valence-corrected chi connectivity index (χ1v) is 5.59. The lowest BCUT2D eigenvalue weighted by Gasteiger charge is -2.09. The van der Waals surface area contributed by atoms with Gasteiger partial charge in [-0.3, -0.25) is 0 Å². The van der Waals surface area contributed by atoms with Crippen LogP contribution in [0.3, 0.4) is 0 Å². The fourth-order valence-corrected chi connectivity index (χ4v) is 1.90. The molecule has 0 unspecified atom stereocenters. The lowest BCUT2D eigenvalue weighted by molar-refractivity contribution is 0.419. The van der Waals surface area contributed by atoms with Crippen molar-refractivity contribution in [2.24, 2.45) is 0 Å². The molecule has 0 aliphatic heterocycles. The lowest BCUT2D eigenvalue weighted by Crippen LogP contribution is -2.00. The molecule has 3 nitrogen and oxygen atoms in total. The summed E-state index contributed by atoms with van der Waals surface area (Å²) in [7, 11) is 1.56. The fourth-order valence-electron chi connectivity index (χ4n) is 1.90. The summed E-state index contributed by atoms with van der Waals surface area (Å²) in [6, 6.07) is 4.81. The van der Waals surface area contributed by atoms with Crippen LogP contribution in [0.25, 0.3) is 10.9 Å². The van der Waals surface area contributed by atoms with Gasteiger partial charge in [-0.2, -0.15) is 0 Å². The largest absolute Gasteiger partial charge is 0.496 e. The number of pyridine rings is 1. The smallest absolute Gasteiger partial charge is 0.149 e. The predicted molar refractivity (Wildman–Crippen MR) is 66.7 cm³/mol. The number of nitrogens with zero attached hydrogens (tertiary/aromatic N) is 1. The van der Waals surface area contributed by atoms with Gasteiger partial charge in [0.15, 0.2) is 0 Å². The number of methoxy groups -OCH3 is 1. The monoisotopic (exact) mass is 234 g/mol. The Morgan fingerprint density at radius 1 is 1.41 bits per heavy atom. The van der Waals surface area contributed by atoms with E-state index in [-0.39, 0.29) is 11.3 Å². The molecule has 0 aliphatic carbocycles. The maximum absolute atomic E-state index is 13.6. The normalized spacial score (nSPS) is 10.8. The van der Waals surface area contributed by atoms with Crippen LogP contribution in [0.5, 0.6) is 5.75 Å². The maximum Gasteiger partial charge on any atom is 0.149 e. The SMILES string of the molecule is CCCc1cc2c(OC)ccc(F)c2nc1N. The first-order valence-electron chi connectivity index (χ1n) is 5.59. The maximum atomic E-state index is 13.6. The van der Waals surface area contributed by atoms with Gasteiger partial charge < -0.3 is 10.5 Å². The molecule has 17 heavy (non-hydrogen) atoms. The Kier molecular flexibility index (Phi) is 3.13. The molecule has 1 aromatic heterocycles. The standard InChI is InChI=1S/C13H15FN2O/c1-3-4-8-7-9-11(17-2)6-5-10(14)12(9)16-13(8)15/h5-7H,3-4H2,1-2H3,(H2,15,16). The summed E-state index contributed by atoms with van der Waals surface area (Å²) in [5, 5.41) is 0.671. The highest BCUT2D eigenvalue weighted by Crippen LogP contribution is 2.29. The number of benzene rings is 1. The minimum absolute atomic E-state index is 0.265. The zero-order chi connectivity index (χ0) is 12.4. The molecule has 90 valence electrons. The Balaban J connectivity index is 2.73. The second kappa shape index (κ2) is 4.57. The number of rotatable bonds is 3.